The number of nitrogens with zero attached hydrogens (tertiary/aromatic N) is 1. The number of amides is 1. The van der Waals surface area contributed by atoms with Crippen molar-refractivity contribution in [1.82, 2.24) is 5.32 Å². The third-order valence-corrected chi connectivity index (χ3v) is 2.69. The van der Waals surface area contributed by atoms with Gasteiger partial charge < -0.3 is 19.9 Å². The Hall–Kier alpha value is -2.68. The lowest BCUT2D eigenvalue weighted by molar-refractivity contribution is -0.384. The second-order valence-electron chi connectivity index (χ2n) is 5.91. The van der Waals surface area contributed by atoms with E-state index >= 15 is 0 Å². The van der Waals surface area contributed by atoms with E-state index in [2.05, 4.69) is 5.32 Å². The van der Waals surface area contributed by atoms with E-state index in [4.69, 9.17) is 9.47 Å². The zero-order chi connectivity index (χ0) is 18.3. The van der Waals surface area contributed by atoms with Gasteiger partial charge in [-0.1, -0.05) is 0 Å². The normalized spacial score (nSPS) is 12.2. The molecule has 0 saturated carbocycles. The number of non-ortho nitro benzene ring substituents is 1. The molecule has 0 heterocycles. The highest BCUT2D eigenvalue weighted by atomic mass is 16.6. The molecule has 24 heavy (non-hydrogen) atoms. The topological polar surface area (TPSA) is 128 Å². The SMILES string of the molecule is CC(C)(C)OC(=O)N[C@@H](CO)C(=O)OCc1ccc([N+](=O)[O-])cc1. The van der Waals surface area contributed by atoms with Crippen LogP contribution in [0, 0.1) is 10.1 Å². The third-order valence-electron chi connectivity index (χ3n) is 2.69. The Labute approximate surface area is 138 Å². The van der Waals surface area contributed by atoms with E-state index in [0.717, 1.165) is 0 Å². The van der Waals surface area contributed by atoms with Crippen LogP contribution >= 0.6 is 0 Å². The number of ether oxygens (including phenoxy) is 2. The van der Waals surface area contributed by atoms with Gasteiger partial charge in [-0.2, -0.15) is 0 Å². The van der Waals surface area contributed by atoms with Gasteiger partial charge in [0, 0.05) is 12.1 Å². The Morgan fingerprint density at radius 1 is 1.29 bits per heavy atom. The number of carbonyl (C=O) groups is 2. The maximum Gasteiger partial charge on any atom is 0.408 e. The quantitative estimate of drug-likeness (QED) is 0.456. The largest absolute Gasteiger partial charge is 0.459 e. The van der Waals surface area contributed by atoms with Crippen molar-refractivity contribution in [1.29, 1.82) is 0 Å². The lowest BCUT2D eigenvalue weighted by Gasteiger charge is -2.22. The number of nitrogens with one attached hydrogen (secondary N) is 1. The van der Waals surface area contributed by atoms with Gasteiger partial charge in [0.25, 0.3) is 5.69 Å². The van der Waals surface area contributed by atoms with Gasteiger partial charge in [0.2, 0.25) is 0 Å². The average Bonchev–Trinajstić information content (AvgIpc) is 2.48. The molecule has 0 aromatic heterocycles. The summed E-state index contributed by atoms with van der Waals surface area (Å²) in [7, 11) is 0. The van der Waals surface area contributed by atoms with E-state index in [1.807, 2.05) is 0 Å². The van der Waals surface area contributed by atoms with Crippen LogP contribution in [0.1, 0.15) is 26.3 Å². The van der Waals surface area contributed by atoms with Crippen LogP contribution in [-0.4, -0.2) is 40.3 Å². The molecule has 0 unspecified atom stereocenters. The smallest absolute Gasteiger partial charge is 0.408 e. The van der Waals surface area contributed by atoms with Crippen LogP contribution in [0.5, 0.6) is 0 Å². The van der Waals surface area contributed by atoms with Crippen molar-refractivity contribution in [2.24, 2.45) is 0 Å². The number of aliphatic hydroxyl groups is 1. The Kier molecular flexibility index (Phi) is 6.66. The first kappa shape index (κ1) is 19.4. The molecule has 0 fully saturated rings. The van der Waals surface area contributed by atoms with Crippen molar-refractivity contribution in [3.63, 3.8) is 0 Å². The van der Waals surface area contributed by atoms with Crippen LogP contribution in [0.15, 0.2) is 24.3 Å². The molecule has 0 bridgehead atoms. The molecule has 0 radical (unpaired) electrons. The molecule has 0 aliphatic heterocycles. The Morgan fingerprint density at radius 2 is 1.88 bits per heavy atom. The number of rotatable bonds is 6. The molecule has 1 atom stereocenters. The zero-order valence-electron chi connectivity index (χ0n) is 13.6. The number of alkyl carbamates (subject to hydrolysis) is 1. The molecule has 9 heteroatoms. The van der Waals surface area contributed by atoms with Crippen molar-refractivity contribution >= 4 is 17.7 Å². The molecule has 1 rings (SSSR count). The first-order valence-electron chi connectivity index (χ1n) is 7.12. The maximum absolute atomic E-state index is 11.9. The van der Waals surface area contributed by atoms with Gasteiger partial charge in [0.15, 0.2) is 6.04 Å². The van der Waals surface area contributed by atoms with Crippen molar-refractivity contribution in [3.8, 4) is 0 Å². The van der Waals surface area contributed by atoms with E-state index in [9.17, 15) is 24.8 Å². The van der Waals surface area contributed by atoms with Gasteiger partial charge in [-0.05, 0) is 38.5 Å². The number of hydrogen-bond donors (Lipinski definition) is 2. The molecule has 0 spiro atoms. The number of nitro groups is 1. The Morgan fingerprint density at radius 3 is 2.33 bits per heavy atom. The Bertz CT molecular complexity index is 593. The van der Waals surface area contributed by atoms with Gasteiger partial charge in [-0.15, -0.1) is 0 Å². The molecular weight excluding hydrogens is 320 g/mol. The van der Waals surface area contributed by atoms with Crippen LogP contribution in [-0.2, 0) is 20.9 Å². The first-order chi connectivity index (χ1) is 11.1. The molecule has 0 saturated heterocycles. The molecule has 9 nitrogen and oxygen atoms in total. The van der Waals surface area contributed by atoms with E-state index in [1.165, 1.54) is 24.3 Å². The highest BCUT2D eigenvalue weighted by Gasteiger charge is 2.25. The molecule has 0 aliphatic rings. The van der Waals surface area contributed by atoms with Crippen molar-refractivity contribution in [3.05, 3.63) is 39.9 Å². The fourth-order valence-electron chi connectivity index (χ4n) is 1.60. The van der Waals surface area contributed by atoms with E-state index < -0.39 is 35.2 Å². The summed E-state index contributed by atoms with van der Waals surface area (Å²) in [6.45, 7) is 4.18. The summed E-state index contributed by atoms with van der Waals surface area (Å²) >= 11 is 0. The van der Waals surface area contributed by atoms with Gasteiger partial charge in [0.1, 0.15) is 12.2 Å². The maximum atomic E-state index is 11.9. The van der Waals surface area contributed by atoms with Crippen molar-refractivity contribution < 1.29 is 29.1 Å². The van der Waals surface area contributed by atoms with E-state index in [-0.39, 0.29) is 12.3 Å². The molecular formula is C15H20N2O7. The zero-order valence-corrected chi connectivity index (χ0v) is 13.6. The van der Waals surface area contributed by atoms with Crippen LogP contribution in [0.2, 0.25) is 0 Å². The predicted molar refractivity (Wildman–Crippen MR) is 83.1 cm³/mol. The fourth-order valence-corrected chi connectivity index (χ4v) is 1.60. The minimum Gasteiger partial charge on any atom is -0.459 e. The van der Waals surface area contributed by atoms with Gasteiger partial charge >= 0.3 is 12.1 Å². The van der Waals surface area contributed by atoms with Gasteiger partial charge in [0.05, 0.1) is 11.5 Å². The lowest BCUT2D eigenvalue weighted by Crippen LogP contribution is -2.46. The second-order valence-corrected chi connectivity index (χ2v) is 5.91. The summed E-state index contributed by atoms with van der Waals surface area (Å²) in [5.41, 5.74) is -0.292. The minimum atomic E-state index is -1.27. The first-order valence-corrected chi connectivity index (χ1v) is 7.12. The van der Waals surface area contributed by atoms with Crippen molar-refractivity contribution in [2.75, 3.05) is 6.61 Å². The summed E-state index contributed by atoms with van der Waals surface area (Å²) in [6, 6.07) is 4.19. The molecule has 1 aromatic carbocycles. The van der Waals surface area contributed by atoms with Crippen molar-refractivity contribution in [2.45, 2.75) is 39.0 Å². The van der Waals surface area contributed by atoms with Crippen LogP contribution in [0.25, 0.3) is 0 Å². The van der Waals surface area contributed by atoms with Crippen LogP contribution in [0.4, 0.5) is 10.5 Å². The summed E-state index contributed by atoms with van der Waals surface area (Å²) in [5.74, 6) is -0.846. The van der Waals surface area contributed by atoms with Crippen LogP contribution < -0.4 is 5.32 Å². The Balaban J connectivity index is 2.55. The summed E-state index contributed by atoms with van der Waals surface area (Å²) in [6.07, 6.45) is -0.853. The van der Waals surface area contributed by atoms with E-state index in [0.29, 0.717) is 5.56 Å². The second kappa shape index (κ2) is 8.25. The molecule has 0 aliphatic carbocycles. The predicted octanol–water partition coefficient (Wildman–Crippen LogP) is 1.52. The van der Waals surface area contributed by atoms with Gasteiger partial charge in [-0.25, -0.2) is 9.59 Å². The number of carbonyl (C=O) groups excluding carboxylic acids is 2. The van der Waals surface area contributed by atoms with E-state index in [1.54, 1.807) is 20.8 Å². The highest BCUT2D eigenvalue weighted by molar-refractivity contribution is 5.81. The number of aliphatic hydroxyl groups excluding tert-OH is 1. The third kappa shape index (κ3) is 6.61. The number of esters is 1. The average molecular weight is 340 g/mol. The number of nitro benzene ring substituents is 1. The molecule has 1 amide bonds. The summed E-state index contributed by atoms with van der Waals surface area (Å²) < 4.78 is 9.96. The summed E-state index contributed by atoms with van der Waals surface area (Å²) in [4.78, 5) is 33.5. The lowest BCUT2D eigenvalue weighted by atomic mass is 10.2. The molecule has 1 aromatic rings. The molecule has 2 N–H and O–H groups in total. The highest BCUT2D eigenvalue weighted by Crippen LogP contribution is 2.13. The molecule has 132 valence electrons. The standard InChI is InChI=1S/C15H20N2O7/c1-15(2,3)24-14(20)16-12(8-18)13(19)23-9-10-4-6-11(7-5-10)17(21)22/h4-7,12,18H,8-9H2,1-3H3,(H,16,20)/t12-/m0/s1. The summed E-state index contributed by atoms with van der Waals surface area (Å²) in [5, 5.41) is 21.9. The fraction of sp³-hybridized carbons (Fsp3) is 0.467. The van der Waals surface area contributed by atoms with Gasteiger partial charge in [-0.3, -0.25) is 10.1 Å². The number of benzene rings is 1. The number of hydrogen-bond acceptors (Lipinski definition) is 7. The monoisotopic (exact) mass is 340 g/mol. The minimum absolute atomic E-state index is 0.0788. The van der Waals surface area contributed by atoms with Crippen LogP contribution in [0.3, 0.4) is 0 Å².